The van der Waals surface area contributed by atoms with E-state index in [1.54, 1.807) is 6.20 Å². The average molecular weight is 231 g/mol. The van der Waals surface area contributed by atoms with Crippen molar-refractivity contribution in [1.82, 2.24) is 15.1 Å². The zero-order valence-corrected chi connectivity index (χ0v) is 10.2. The summed E-state index contributed by atoms with van der Waals surface area (Å²) in [5.41, 5.74) is -0.0169. The molecule has 0 bridgehead atoms. The van der Waals surface area contributed by atoms with Crippen molar-refractivity contribution >= 4 is 10.8 Å². The largest absolute Gasteiger partial charge is 0.315 e. The lowest BCUT2D eigenvalue weighted by atomic mass is 10.2. The molecule has 0 aliphatic heterocycles. The maximum atomic E-state index is 12.2. The molecule has 1 aromatic heterocycles. The maximum absolute atomic E-state index is 12.2. The highest BCUT2D eigenvalue weighted by Gasteiger charge is 2.08. The van der Waals surface area contributed by atoms with E-state index in [2.05, 4.69) is 17.3 Å². The van der Waals surface area contributed by atoms with Crippen LogP contribution >= 0.6 is 0 Å². The number of hydrogen-bond donors (Lipinski definition) is 1. The first-order valence-corrected chi connectivity index (χ1v) is 5.88. The Balaban J connectivity index is 2.42. The van der Waals surface area contributed by atoms with Crippen molar-refractivity contribution in [3.05, 3.63) is 40.8 Å². The zero-order chi connectivity index (χ0) is 12.3. The molecule has 2 rings (SSSR count). The molecule has 0 aliphatic rings. The van der Waals surface area contributed by atoms with Crippen LogP contribution in [-0.4, -0.2) is 22.9 Å². The van der Waals surface area contributed by atoms with Crippen LogP contribution in [0.25, 0.3) is 10.8 Å². The van der Waals surface area contributed by atoms with E-state index in [0.717, 1.165) is 17.2 Å². The molecular formula is C13H17N3O. The first kappa shape index (κ1) is 11.8. The van der Waals surface area contributed by atoms with Gasteiger partial charge < -0.3 is 5.32 Å². The Morgan fingerprint density at radius 1 is 1.41 bits per heavy atom. The summed E-state index contributed by atoms with van der Waals surface area (Å²) < 4.78 is 1.53. The molecule has 0 fully saturated rings. The molecular weight excluding hydrogens is 214 g/mol. The number of benzene rings is 1. The Kier molecular flexibility index (Phi) is 3.54. The SMILES string of the molecule is CCC(Cn1ncc2ccccc2c1=O)NC. The number of hydrogen-bond acceptors (Lipinski definition) is 3. The minimum Gasteiger partial charge on any atom is -0.315 e. The highest BCUT2D eigenvalue weighted by molar-refractivity contribution is 5.80. The second-order valence-electron chi connectivity index (χ2n) is 4.11. The summed E-state index contributed by atoms with van der Waals surface area (Å²) in [5.74, 6) is 0. The van der Waals surface area contributed by atoms with Crippen LogP contribution in [-0.2, 0) is 6.54 Å². The van der Waals surface area contributed by atoms with E-state index in [-0.39, 0.29) is 11.6 Å². The van der Waals surface area contributed by atoms with Gasteiger partial charge in [0.05, 0.1) is 18.1 Å². The molecule has 0 aliphatic carbocycles. The van der Waals surface area contributed by atoms with Gasteiger partial charge in [0.25, 0.3) is 5.56 Å². The summed E-state index contributed by atoms with van der Waals surface area (Å²) in [7, 11) is 1.90. The molecule has 90 valence electrons. The quantitative estimate of drug-likeness (QED) is 0.865. The van der Waals surface area contributed by atoms with E-state index in [9.17, 15) is 4.79 Å². The Bertz CT molecular complexity index is 558. The van der Waals surface area contributed by atoms with Gasteiger partial charge in [0.2, 0.25) is 0 Å². The van der Waals surface area contributed by atoms with Gasteiger partial charge in [-0.15, -0.1) is 0 Å². The zero-order valence-electron chi connectivity index (χ0n) is 10.2. The van der Waals surface area contributed by atoms with Gasteiger partial charge in [-0.2, -0.15) is 5.10 Å². The molecule has 17 heavy (non-hydrogen) atoms. The summed E-state index contributed by atoms with van der Waals surface area (Å²) in [5, 5.41) is 9.01. The van der Waals surface area contributed by atoms with E-state index >= 15 is 0 Å². The number of nitrogens with zero attached hydrogens (tertiary/aromatic N) is 2. The van der Waals surface area contributed by atoms with E-state index in [4.69, 9.17) is 0 Å². The minimum absolute atomic E-state index is 0.0169. The Morgan fingerprint density at radius 3 is 2.88 bits per heavy atom. The van der Waals surface area contributed by atoms with Crippen molar-refractivity contribution in [3.63, 3.8) is 0 Å². The van der Waals surface area contributed by atoms with Crippen LogP contribution in [0.4, 0.5) is 0 Å². The molecule has 0 saturated carbocycles. The summed E-state index contributed by atoms with van der Waals surface area (Å²) in [6, 6.07) is 7.82. The molecule has 0 spiro atoms. The van der Waals surface area contributed by atoms with Crippen LogP contribution in [0.2, 0.25) is 0 Å². The molecule has 1 N–H and O–H groups in total. The highest BCUT2D eigenvalue weighted by Crippen LogP contribution is 2.06. The molecule has 1 heterocycles. The molecule has 0 amide bonds. The molecule has 1 aromatic carbocycles. The predicted molar refractivity (Wildman–Crippen MR) is 69.1 cm³/mol. The Morgan fingerprint density at radius 2 is 2.18 bits per heavy atom. The second-order valence-corrected chi connectivity index (χ2v) is 4.11. The molecule has 1 unspecified atom stereocenters. The van der Waals surface area contributed by atoms with Crippen LogP contribution in [0.1, 0.15) is 13.3 Å². The second kappa shape index (κ2) is 5.10. The molecule has 0 saturated heterocycles. The lowest BCUT2D eigenvalue weighted by Gasteiger charge is -2.14. The van der Waals surface area contributed by atoms with E-state index in [0.29, 0.717) is 6.54 Å². The summed E-state index contributed by atoms with van der Waals surface area (Å²) >= 11 is 0. The topological polar surface area (TPSA) is 46.9 Å². The summed E-state index contributed by atoms with van der Waals surface area (Å²) in [4.78, 5) is 12.2. The van der Waals surface area contributed by atoms with Gasteiger partial charge in [0.15, 0.2) is 0 Å². The first-order valence-electron chi connectivity index (χ1n) is 5.88. The molecule has 4 heteroatoms. The minimum atomic E-state index is -0.0169. The third-order valence-corrected chi connectivity index (χ3v) is 3.06. The van der Waals surface area contributed by atoms with Crippen molar-refractivity contribution in [3.8, 4) is 0 Å². The van der Waals surface area contributed by atoms with E-state index in [1.807, 2.05) is 31.3 Å². The third-order valence-electron chi connectivity index (χ3n) is 3.06. The van der Waals surface area contributed by atoms with Gasteiger partial charge in [-0.25, -0.2) is 4.68 Å². The molecule has 1 atom stereocenters. The van der Waals surface area contributed by atoms with Gasteiger partial charge in [-0.1, -0.05) is 25.1 Å². The lowest BCUT2D eigenvalue weighted by molar-refractivity contribution is 0.432. The van der Waals surface area contributed by atoms with Crippen molar-refractivity contribution in [1.29, 1.82) is 0 Å². The Hall–Kier alpha value is -1.68. The summed E-state index contributed by atoms with van der Waals surface area (Å²) in [6.07, 6.45) is 2.72. The maximum Gasteiger partial charge on any atom is 0.274 e. The fourth-order valence-corrected chi connectivity index (χ4v) is 1.89. The van der Waals surface area contributed by atoms with E-state index < -0.39 is 0 Å². The van der Waals surface area contributed by atoms with Crippen LogP contribution in [0.15, 0.2) is 35.3 Å². The molecule has 4 nitrogen and oxygen atoms in total. The van der Waals surface area contributed by atoms with Gasteiger partial charge >= 0.3 is 0 Å². The van der Waals surface area contributed by atoms with Gasteiger partial charge in [0.1, 0.15) is 0 Å². The third kappa shape index (κ3) is 2.36. The van der Waals surface area contributed by atoms with E-state index in [1.165, 1.54) is 4.68 Å². The van der Waals surface area contributed by atoms with Gasteiger partial charge in [-0.3, -0.25) is 4.79 Å². The standard InChI is InChI=1S/C13H17N3O/c1-3-11(14-2)9-16-13(17)12-7-5-4-6-10(12)8-15-16/h4-8,11,14H,3,9H2,1-2H3. The normalized spacial score (nSPS) is 12.8. The van der Waals surface area contributed by atoms with Crippen molar-refractivity contribution in [2.24, 2.45) is 0 Å². The monoisotopic (exact) mass is 231 g/mol. The fourth-order valence-electron chi connectivity index (χ4n) is 1.89. The smallest absolute Gasteiger partial charge is 0.274 e. The lowest BCUT2D eigenvalue weighted by Crippen LogP contribution is -2.35. The summed E-state index contributed by atoms with van der Waals surface area (Å²) in [6.45, 7) is 2.70. The van der Waals surface area contributed by atoms with Crippen molar-refractivity contribution in [2.75, 3.05) is 7.05 Å². The van der Waals surface area contributed by atoms with Crippen LogP contribution in [0.5, 0.6) is 0 Å². The highest BCUT2D eigenvalue weighted by atomic mass is 16.1. The molecule has 2 aromatic rings. The van der Waals surface area contributed by atoms with Gasteiger partial charge in [0, 0.05) is 11.4 Å². The Labute approximate surface area is 100 Å². The predicted octanol–water partition coefficient (Wildman–Crippen LogP) is 1.39. The number of nitrogens with one attached hydrogen (secondary N) is 1. The molecule has 0 radical (unpaired) electrons. The fraction of sp³-hybridized carbons (Fsp3) is 0.385. The van der Waals surface area contributed by atoms with Crippen LogP contribution < -0.4 is 10.9 Å². The average Bonchev–Trinajstić information content (AvgIpc) is 2.38. The number of fused-ring (bicyclic) bond motifs is 1. The van der Waals surface area contributed by atoms with Crippen molar-refractivity contribution in [2.45, 2.75) is 25.9 Å². The van der Waals surface area contributed by atoms with Gasteiger partial charge in [-0.05, 0) is 19.5 Å². The number of likely N-dealkylation sites (N-methyl/N-ethyl adjacent to an activating group) is 1. The number of rotatable bonds is 4. The first-order chi connectivity index (χ1) is 8.26. The van der Waals surface area contributed by atoms with Crippen molar-refractivity contribution < 1.29 is 0 Å². The van der Waals surface area contributed by atoms with Crippen LogP contribution in [0.3, 0.4) is 0 Å². The number of aromatic nitrogens is 2. The van der Waals surface area contributed by atoms with Crippen LogP contribution in [0, 0.1) is 0 Å².